The van der Waals surface area contributed by atoms with Crippen molar-refractivity contribution in [1.29, 1.82) is 0 Å². The van der Waals surface area contributed by atoms with Crippen LogP contribution in [0.15, 0.2) is 5.38 Å². The Kier molecular flexibility index (Phi) is 3.73. The van der Waals surface area contributed by atoms with Crippen molar-refractivity contribution in [2.24, 2.45) is 0 Å². The molecule has 18 heavy (non-hydrogen) atoms. The summed E-state index contributed by atoms with van der Waals surface area (Å²) in [6.07, 6.45) is 0. The quantitative estimate of drug-likeness (QED) is 0.911. The molecule has 0 radical (unpaired) electrons. The molecule has 0 unspecified atom stereocenters. The molecule has 0 aliphatic carbocycles. The fraction of sp³-hybridized carbons (Fsp3) is 0.538. The minimum Gasteiger partial charge on any atom is -0.362 e. The summed E-state index contributed by atoms with van der Waals surface area (Å²) in [4.78, 5) is 10.5. The summed E-state index contributed by atoms with van der Waals surface area (Å²) < 4.78 is 0. The second-order valence-corrected chi connectivity index (χ2v) is 7.29. The second-order valence-electron chi connectivity index (χ2n) is 5.23. The third-order valence-corrected chi connectivity index (χ3v) is 4.30. The van der Waals surface area contributed by atoms with Crippen molar-refractivity contribution in [3.63, 3.8) is 0 Å². The van der Waals surface area contributed by atoms with E-state index in [1.54, 1.807) is 22.7 Å². The predicted octanol–water partition coefficient (Wildman–Crippen LogP) is 4.30. The Morgan fingerprint density at radius 2 is 2.00 bits per heavy atom. The first kappa shape index (κ1) is 13.5. The Morgan fingerprint density at radius 1 is 1.28 bits per heavy atom. The van der Waals surface area contributed by atoms with Crippen LogP contribution in [-0.4, -0.2) is 16.5 Å². The first-order valence-corrected chi connectivity index (χ1v) is 7.79. The molecule has 0 atom stereocenters. The monoisotopic (exact) mass is 281 g/mol. The molecule has 0 aromatic carbocycles. The summed E-state index contributed by atoms with van der Waals surface area (Å²) in [5.41, 5.74) is 2.26. The highest BCUT2D eigenvalue weighted by atomic mass is 32.1. The van der Waals surface area contributed by atoms with E-state index < -0.39 is 0 Å². The van der Waals surface area contributed by atoms with E-state index in [1.165, 1.54) is 4.88 Å². The molecule has 0 bridgehead atoms. The summed E-state index contributed by atoms with van der Waals surface area (Å²) in [5, 5.41) is 7.45. The number of anilines is 1. The number of rotatable bonds is 3. The van der Waals surface area contributed by atoms with Gasteiger partial charge in [-0.15, -0.1) is 22.7 Å². The van der Waals surface area contributed by atoms with E-state index >= 15 is 0 Å². The summed E-state index contributed by atoms with van der Waals surface area (Å²) >= 11 is 3.39. The van der Waals surface area contributed by atoms with E-state index in [9.17, 15) is 0 Å². The van der Waals surface area contributed by atoms with Crippen molar-refractivity contribution in [3.8, 4) is 10.6 Å². The van der Waals surface area contributed by atoms with Crippen LogP contribution in [0.1, 0.15) is 38.4 Å². The molecule has 2 aromatic rings. The van der Waals surface area contributed by atoms with Crippen molar-refractivity contribution in [1.82, 2.24) is 9.97 Å². The summed E-state index contributed by atoms with van der Waals surface area (Å²) in [5.74, 6) is 0. The van der Waals surface area contributed by atoms with Crippen molar-refractivity contribution >= 4 is 27.8 Å². The van der Waals surface area contributed by atoms with Crippen LogP contribution in [-0.2, 0) is 5.41 Å². The molecule has 2 rings (SSSR count). The number of nitrogens with one attached hydrogen (secondary N) is 1. The number of hydrogen-bond donors (Lipinski definition) is 1. The van der Waals surface area contributed by atoms with Crippen LogP contribution in [0.3, 0.4) is 0 Å². The lowest BCUT2D eigenvalue weighted by atomic mass is 9.91. The van der Waals surface area contributed by atoms with Crippen LogP contribution in [0.2, 0.25) is 0 Å². The summed E-state index contributed by atoms with van der Waals surface area (Å²) in [6.45, 7) is 11.6. The maximum Gasteiger partial charge on any atom is 0.183 e. The Bertz CT molecular complexity index is 535. The van der Waals surface area contributed by atoms with Crippen molar-refractivity contribution in [2.75, 3.05) is 11.9 Å². The van der Waals surface area contributed by atoms with Crippen LogP contribution in [0.25, 0.3) is 10.6 Å². The molecule has 0 fully saturated rings. The van der Waals surface area contributed by atoms with E-state index in [0.717, 1.165) is 28.1 Å². The van der Waals surface area contributed by atoms with Gasteiger partial charge >= 0.3 is 0 Å². The Hall–Kier alpha value is -0.940. The number of nitrogens with zero attached hydrogens (tertiary/aromatic N) is 2. The first-order valence-electron chi connectivity index (χ1n) is 6.09. The van der Waals surface area contributed by atoms with Gasteiger partial charge in [-0.05, 0) is 13.8 Å². The van der Waals surface area contributed by atoms with Gasteiger partial charge in [-0.25, -0.2) is 9.97 Å². The number of aromatic nitrogens is 2. The van der Waals surface area contributed by atoms with Gasteiger partial charge in [-0.2, -0.15) is 0 Å². The van der Waals surface area contributed by atoms with Gasteiger partial charge in [-0.1, -0.05) is 20.8 Å². The molecule has 0 amide bonds. The SMILES string of the molecule is CCNc1nc(-c2sc(C)nc2C(C)(C)C)cs1. The molecular weight excluding hydrogens is 262 g/mol. The minimum absolute atomic E-state index is 0.0576. The molecule has 0 spiro atoms. The standard InChI is InChI=1S/C13H19N3S2/c1-6-14-12-16-9(7-17-12)10-11(13(3,4)5)15-8(2)18-10/h7H,6H2,1-5H3,(H,14,16). The van der Waals surface area contributed by atoms with Crippen LogP contribution in [0.4, 0.5) is 5.13 Å². The predicted molar refractivity (Wildman–Crippen MR) is 80.8 cm³/mol. The number of thiazole rings is 2. The highest BCUT2D eigenvalue weighted by molar-refractivity contribution is 7.16. The molecule has 3 nitrogen and oxygen atoms in total. The van der Waals surface area contributed by atoms with Crippen LogP contribution < -0.4 is 5.32 Å². The number of hydrogen-bond acceptors (Lipinski definition) is 5. The van der Waals surface area contributed by atoms with E-state index in [4.69, 9.17) is 0 Å². The zero-order valence-electron chi connectivity index (χ0n) is 11.5. The van der Waals surface area contributed by atoms with E-state index in [1.807, 2.05) is 0 Å². The Labute approximate surface area is 116 Å². The first-order chi connectivity index (χ1) is 8.41. The smallest absolute Gasteiger partial charge is 0.183 e. The topological polar surface area (TPSA) is 37.8 Å². The normalized spacial score (nSPS) is 11.8. The Morgan fingerprint density at radius 3 is 2.61 bits per heavy atom. The zero-order valence-corrected chi connectivity index (χ0v) is 13.1. The lowest BCUT2D eigenvalue weighted by Crippen LogP contribution is -2.13. The molecule has 2 heterocycles. The van der Waals surface area contributed by atoms with Gasteiger partial charge in [-0.3, -0.25) is 0 Å². The minimum atomic E-state index is 0.0576. The molecule has 5 heteroatoms. The lowest BCUT2D eigenvalue weighted by molar-refractivity contribution is 0.573. The lowest BCUT2D eigenvalue weighted by Gasteiger charge is -2.16. The van der Waals surface area contributed by atoms with Crippen molar-refractivity contribution in [2.45, 2.75) is 40.0 Å². The molecule has 0 saturated carbocycles. The molecule has 0 saturated heterocycles. The van der Waals surface area contributed by atoms with Gasteiger partial charge in [0.25, 0.3) is 0 Å². The third kappa shape index (κ3) is 2.72. The summed E-state index contributed by atoms with van der Waals surface area (Å²) in [6, 6.07) is 0. The van der Waals surface area contributed by atoms with Gasteiger partial charge in [0, 0.05) is 17.3 Å². The zero-order chi connectivity index (χ0) is 13.3. The third-order valence-electron chi connectivity index (χ3n) is 2.51. The average molecular weight is 281 g/mol. The van der Waals surface area contributed by atoms with Crippen LogP contribution in [0.5, 0.6) is 0 Å². The highest BCUT2D eigenvalue weighted by Crippen LogP contribution is 2.37. The van der Waals surface area contributed by atoms with Crippen molar-refractivity contribution in [3.05, 3.63) is 16.1 Å². The average Bonchev–Trinajstić information content (AvgIpc) is 2.84. The molecule has 1 N–H and O–H groups in total. The largest absolute Gasteiger partial charge is 0.362 e. The maximum absolute atomic E-state index is 4.68. The van der Waals surface area contributed by atoms with Gasteiger partial charge < -0.3 is 5.32 Å². The van der Waals surface area contributed by atoms with E-state index in [-0.39, 0.29) is 5.41 Å². The highest BCUT2D eigenvalue weighted by Gasteiger charge is 2.24. The van der Waals surface area contributed by atoms with Gasteiger partial charge in [0.05, 0.1) is 21.3 Å². The van der Waals surface area contributed by atoms with Gasteiger partial charge in [0.1, 0.15) is 0 Å². The van der Waals surface area contributed by atoms with Crippen LogP contribution >= 0.6 is 22.7 Å². The van der Waals surface area contributed by atoms with Crippen LogP contribution in [0, 0.1) is 6.92 Å². The number of aryl methyl sites for hydroxylation is 1. The molecule has 2 aromatic heterocycles. The second kappa shape index (κ2) is 4.97. The van der Waals surface area contributed by atoms with E-state index in [0.29, 0.717) is 0 Å². The van der Waals surface area contributed by atoms with Gasteiger partial charge in [0.15, 0.2) is 5.13 Å². The van der Waals surface area contributed by atoms with Crippen molar-refractivity contribution < 1.29 is 0 Å². The fourth-order valence-electron chi connectivity index (χ4n) is 1.72. The molecule has 0 aliphatic heterocycles. The maximum atomic E-state index is 4.68. The van der Waals surface area contributed by atoms with Gasteiger partial charge in [0.2, 0.25) is 0 Å². The summed E-state index contributed by atoms with van der Waals surface area (Å²) in [7, 11) is 0. The molecule has 0 aliphatic rings. The fourth-order valence-corrected chi connectivity index (χ4v) is 3.66. The molecular formula is C13H19N3S2. The van der Waals surface area contributed by atoms with E-state index in [2.05, 4.69) is 55.3 Å². The molecule has 98 valence electrons. The Balaban J connectivity index is 2.43.